The zero-order valence-electron chi connectivity index (χ0n) is 18.3. The van der Waals surface area contributed by atoms with Crippen molar-refractivity contribution in [2.45, 2.75) is 47.5 Å². The molecular formula is C28H29N. The van der Waals surface area contributed by atoms with Crippen molar-refractivity contribution in [3.63, 3.8) is 0 Å². The molecule has 0 unspecified atom stereocenters. The van der Waals surface area contributed by atoms with E-state index in [-0.39, 0.29) is 5.92 Å². The van der Waals surface area contributed by atoms with Crippen molar-refractivity contribution in [3.05, 3.63) is 111 Å². The van der Waals surface area contributed by atoms with E-state index >= 15 is 0 Å². The lowest BCUT2D eigenvalue weighted by Crippen LogP contribution is -2.13. The second kappa shape index (κ2) is 7.48. The zero-order chi connectivity index (χ0) is 20.7. The van der Waals surface area contributed by atoms with Gasteiger partial charge in [-0.25, -0.2) is 0 Å². The van der Waals surface area contributed by atoms with Crippen LogP contribution in [0.4, 0.5) is 0 Å². The summed E-state index contributed by atoms with van der Waals surface area (Å²) in [5.41, 5.74) is 11.9. The maximum absolute atomic E-state index is 4.97. The molecule has 0 aliphatic heterocycles. The summed E-state index contributed by atoms with van der Waals surface area (Å²) in [6, 6.07) is 19.9. The Morgan fingerprint density at radius 3 is 1.62 bits per heavy atom. The van der Waals surface area contributed by atoms with E-state index in [1.165, 1.54) is 55.3 Å². The van der Waals surface area contributed by atoms with Crippen molar-refractivity contribution in [1.29, 1.82) is 0 Å². The number of benzene rings is 3. The average molecular weight is 380 g/mol. The Morgan fingerprint density at radius 1 is 0.621 bits per heavy atom. The predicted octanol–water partition coefficient (Wildman–Crippen LogP) is 7.27. The second-order valence-electron chi connectivity index (χ2n) is 8.48. The molecule has 0 radical (unpaired) electrons. The third kappa shape index (κ3) is 3.46. The van der Waals surface area contributed by atoms with Gasteiger partial charge in [-0.15, -0.1) is 0 Å². The van der Waals surface area contributed by atoms with Gasteiger partial charge in [-0.3, -0.25) is 4.98 Å². The van der Waals surface area contributed by atoms with Gasteiger partial charge in [0.1, 0.15) is 0 Å². The molecule has 0 aliphatic rings. The molecule has 1 heteroatoms. The smallest absolute Gasteiger partial charge is 0.0601 e. The summed E-state index contributed by atoms with van der Waals surface area (Å²) in [5, 5.41) is 2.48. The van der Waals surface area contributed by atoms with Crippen LogP contribution in [0.25, 0.3) is 10.8 Å². The van der Waals surface area contributed by atoms with Crippen molar-refractivity contribution in [1.82, 2.24) is 4.98 Å². The van der Waals surface area contributed by atoms with E-state index in [1.54, 1.807) is 0 Å². The van der Waals surface area contributed by atoms with Crippen LogP contribution in [-0.4, -0.2) is 4.98 Å². The lowest BCUT2D eigenvalue weighted by atomic mass is 9.77. The highest BCUT2D eigenvalue weighted by Gasteiger charge is 2.26. The lowest BCUT2D eigenvalue weighted by molar-refractivity contribution is 0.888. The first-order valence-corrected chi connectivity index (χ1v) is 10.4. The fraction of sp³-hybridized carbons (Fsp3) is 0.250. The molecule has 0 atom stereocenters. The van der Waals surface area contributed by atoms with Gasteiger partial charge in [0.2, 0.25) is 0 Å². The highest BCUT2D eigenvalue weighted by atomic mass is 14.7. The van der Waals surface area contributed by atoms with E-state index < -0.39 is 0 Å². The average Bonchev–Trinajstić information content (AvgIpc) is 2.65. The van der Waals surface area contributed by atoms with Crippen LogP contribution in [0.15, 0.2) is 60.8 Å². The Morgan fingerprint density at radius 2 is 1.10 bits per heavy atom. The molecule has 146 valence electrons. The maximum atomic E-state index is 4.97. The first-order valence-electron chi connectivity index (χ1n) is 10.4. The SMILES string of the molecule is Cc1cc(C)c(C(c2c(C)cc(C)cc2C)c2nccc3ccccc23)c(C)c1. The molecule has 0 fully saturated rings. The summed E-state index contributed by atoms with van der Waals surface area (Å²) in [6.07, 6.45) is 1.96. The fourth-order valence-electron chi connectivity index (χ4n) is 5.08. The number of pyridine rings is 1. The molecule has 1 nitrogen and oxygen atoms in total. The summed E-state index contributed by atoms with van der Waals surface area (Å²) >= 11 is 0. The molecule has 0 amide bonds. The monoisotopic (exact) mass is 379 g/mol. The van der Waals surface area contributed by atoms with E-state index in [2.05, 4.69) is 96.1 Å². The van der Waals surface area contributed by atoms with Gasteiger partial charge in [-0.1, -0.05) is 59.7 Å². The standard InChI is InChI=1S/C28H29N/c1-17-13-19(3)25(20(4)14-17)27(26-21(5)15-18(2)16-22(26)6)28-24-10-8-7-9-23(24)11-12-29-28/h7-16,27H,1-6H3. The first kappa shape index (κ1) is 19.4. The second-order valence-corrected chi connectivity index (χ2v) is 8.48. The molecule has 0 aliphatic carbocycles. The van der Waals surface area contributed by atoms with Crippen LogP contribution in [0.3, 0.4) is 0 Å². The normalized spacial score (nSPS) is 11.4. The van der Waals surface area contributed by atoms with Crippen LogP contribution in [-0.2, 0) is 0 Å². The minimum Gasteiger partial charge on any atom is -0.260 e. The fourth-order valence-corrected chi connectivity index (χ4v) is 5.08. The number of rotatable bonds is 3. The summed E-state index contributed by atoms with van der Waals surface area (Å²) in [7, 11) is 0. The molecule has 3 aromatic carbocycles. The van der Waals surface area contributed by atoms with Crippen molar-refractivity contribution in [3.8, 4) is 0 Å². The topological polar surface area (TPSA) is 12.9 Å². The molecule has 29 heavy (non-hydrogen) atoms. The summed E-state index contributed by atoms with van der Waals surface area (Å²) in [5.74, 6) is 0.113. The van der Waals surface area contributed by atoms with E-state index in [9.17, 15) is 0 Å². The Labute approximate surface area is 174 Å². The molecule has 1 heterocycles. The van der Waals surface area contributed by atoms with E-state index in [1.807, 2.05) is 6.20 Å². The molecule has 0 saturated heterocycles. The van der Waals surface area contributed by atoms with Crippen LogP contribution in [0.2, 0.25) is 0 Å². The number of fused-ring (bicyclic) bond motifs is 1. The van der Waals surface area contributed by atoms with Crippen LogP contribution >= 0.6 is 0 Å². The van der Waals surface area contributed by atoms with E-state index in [4.69, 9.17) is 4.98 Å². The van der Waals surface area contributed by atoms with Crippen molar-refractivity contribution in [2.24, 2.45) is 0 Å². The maximum Gasteiger partial charge on any atom is 0.0601 e. The Balaban J connectivity index is 2.12. The highest BCUT2D eigenvalue weighted by molar-refractivity contribution is 5.86. The van der Waals surface area contributed by atoms with Crippen LogP contribution in [0.5, 0.6) is 0 Å². The van der Waals surface area contributed by atoms with Crippen LogP contribution in [0, 0.1) is 41.5 Å². The molecule has 0 N–H and O–H groups in total. The summed E-state index contributed by atoms with van der Waals surface area (Å²) < 4.78 is 0. The van der Waals surface area contributed by atoms with Gasteiger partial charge >= 0.3 is 0 Å². The predicted molar refractivity (Wildman–Crippen MR) is 124 cm³/mol. The molecule has 0 spiro atoms. The number of hydrogen-bond donors (Lipinski definition) is 0. The van der Waals surface area contributed by atoms with Gasteiger partial charge in [-0.2, -0.15) is 0 Å². The van der Waals surface area contributed by atoms with Gasteiger partial charge < -0.3 is 0 Å². The Bertz CT molecular complexity index is 1110. The molecule has 0 bridgehead atoms. The summed E-state index contributed by atoms with van der Waals surface area (Å²) in [6.45, 7) is 13.3. The Hall–Kier alpha value is -2.93. The molecular weight excluding hydrogens is 350 g/mol. The quantitative estimate of drug-likeness (QED) is 0.365. The largest absolute Gasteiger partial charge is 0.260 e. The van der Waals surface area contributed by atoms with Crippen LogP contribution in [0.1, 0.15) is 56.1 Å². The molecule has 4 rings (SSSR count). The van der Waals surface area contributed by atoms with Crippen molar-refractivity contribution in [2.75, 3.05) is 0 Å². The molecule has 4 aromatic rings. The minimum atomic E-state index is 0.113. The number of aryl methyl sites for hydroxylation is 6. The zero-order valence-corrected chi connectivity index (χ0v) is 18.3. The van der Waals surface area contributed by atoms with Crippen LogP contribution < -0.4 is 0 Å². The molecule has 0 saturated carbocycles. The first-order chi connectivity index (χ1) is 13.9. The van der Waals surface area contributed by atoms with Crippen molar-refractivity contribution < 1.29 is 0 Å². The Kier molecular flexibility index (Phi) is 5.00. The number of aromatic nitrogens is 1. The highest BCUT2D eigenvalue weighted by Crippen LogP contribution is 2.41. The van der Waals surface area contributed by atoms with Gasteiger partial charge in [0.15, 0.2) is 0 Å². The number of hydrogen-bond acceptors (Lipinski definition) is 1. The number of nitrogens with zero attached hydrogens (tertiary/aromatic N) is 1. The minimum absolute atomic E-state index is 0.113. The van der Waals surface area contributed by atoms with Gasteiger partial charge in [0, 0.05) is 11.6 Å². The van der Waals surface area contributed by atoms with Gasteiger partial charge in [0.25, 0.3) is 0 Å². The van der Waals surface area contributed by atoms with Gasteiger partial charge in [-0.05, 0) is 86.4 Å². The summed E-state index contributed by atoms with van der Waals surface area (Å²) in [4.78, 5) is 4.97. The molecule has 1 aromatic heterocycles. The van der Waals surface area contributed by atoms with Crippen molar-refractivity contribution >= 4 is 10.8 Å². The van der Waals surface area contributed by atoms with E-state index in [0.717, 1.165) is 5.69 Å². The van der Waals surface area contributed by atoms with E-state index in [0.29, 0.717) is 0 Å². The lowest BCUT2D eigenvalue weighted by Gasteiger charge is -2.27. The van der Waals surface area contributed by atoms with Gasteiger partial charge in [0.05, 0.1) is 11.6 Å². The third-order valence-corrected chi connectivity index (χ3v) is 6.03. The third-order valence-electron chi connectivity index (χ3n) is 6.03.